The normalized spacial score (nSPS) is 11.4. The molecule has 0 radical (unpaired) electrons. The lowest BCUT2D eigenvalue weighted by molar-refractivity contribution is 1.07. The van der Waals surface area contributed by atoms with Gasteiger partial charge >= 0.3 is 0 Å². The molecule has 522 valence electrons. The summed E-state index contributed by atoms with van der Waals surface area (Å²) in [5.41, 5.74) is 16.1. The molecule has 0 saturated carbocycles. The summed E-state index contributed by atoms with van der Waals surface area (Å²) in [6, 6.07) is 116. The predicted molar refractivity (Wildman–Crippen MR) is 442 cm³/mol. The van der Waals surface area contributed by atoms with Gasteiger partial charge in [0.25, 0.3) is 0 Å². The smallest absolute Gasteiger partial charge is 0.164 e. The van der Waals surface area contributed by atoms with Crippen molar-refractivity contribution in [3.8, 4) is 165 Å². The van der Waals surface area contributed by atoms with Crippen LogP contribution in [0.4, 0.5) is 0 Å². The second-order valence-corrected chi connectivity index (χ2v) is 27.0. The molecule has 0 aliphatic heterocycles. The molecule has 0 aliphatic carbocycles. The lowest BCUT2D eigenvalue weighted by Gasteiger charge is -2.19. The minimum atomic E-state index is 0.357. The van der Waals surface area contributed by atoms with Crippen molar-refractivity contribution in [3.63, 3.8) is 0 Å². The minimum absolute atomic E-state index is 0.357. The van der Waals surface area contributed by atoms with Gasteiger partial charge in [0.1, 0.15) is 6.07 Å². The molecular weight excluding hydrogens is 1380 g/mol. The van der Waals surface area contributed by atoms with Gasteiger partial charge in [-0.3, -0.25) is 4.98 Å². The number of nitrogens with zero attached hydrogens (tertiary/aromatic N) is 16. The maximum Gasteiger partial charge on any atom is 0.164 e. The zero-order valence-electron chi connectivity index (χ0n) is 59.6. The molecule has 20 aromatic rings. The number of hydrogen-bond donors (Lipinski definition) is 0. The fraction of sp³-hybridized carbons (Fsp3) is 0. The average molecular weight is 1440 g/mol. The second kappa shape index (κ2) is 28.1. The van der Waals surface area contributed by atoms with Crippen molar-refractivity contribution in [3.05, 3.63) is 358 Å². The van der Waals surface area contributed by atoms with E-state index in [2.05, 4.69) is 99.1 Å². The number of pyridine rings is 1. The maximum absolute atomic E-state index is 12.4. The van der Waals surface area contributed by atoms with Gasteiger partial charge in [-0.25, -0.2) is 59.8 Å². The Morgan fingerprint density at radius 2 is 0.411 bits per heavy atom. The van der Waals surface area contributed by atoms with Crippen LogP contribution in [0.15, 0.2) is 352 Å². The van der Waals surface area contributed by atoms with Crippen LogP contribution in [0.5, 0.6) is 0 Å². The van der Waals surface area contributed by atoms with E-state index in [1.807, 2.05) is 261 Å². The van der Waals surface area contributed by atoms with Crippen LogP contribution in [0.25, 0.3) is 203 Å². The Bertz CT molecular complexity index is 6430. The Labute approximate surface area is 641 Å². The molecule has 0 unspecified atom stereocenters. The highest BCUT2D eigenvalue weighted by Crippen LogP contribution is 2.45. The third kappa shape index (κ3) is 12.3. The molecule has 0 amide bonds. The van der Waals surface area contributed by atoms with E-state index >= 15 is 0 Å². The second-order valence-electron chi connectivity index (χ2n) is 27.0. The zero-order chi connectivity index (χ0) is 74.4. The summed E-state index contributed by atoms with van der Waals surface area (Å²) in [7, 11) is 0. The van der Waals surface area contributed by atoms with E-state index in [-0.39, 0.29) is 0 Å². The highest BCUT2D eigenvalue weighted by atomic mass is 15.1. The summed E-state index contributed by atoms with van der Waals surface area (Å²) in [6.45, 7) is 0. The molecule has 7 heterocycles. The van der Waals surface area contributed by atoms with Gasteiger partial charge in [-0.15, -0.1) is 0 Å². The lowest BCUT2D eigenvalue weighted by atomic mass is 9.99. The third-order valence-electron chi connectivity index (χ3n) is 20.1. The summed E-state index contributed by atoms with van der Waals surface area (Å²) in [5, 5.41) is 16.0. The van der Waals surface area contributed by atoms with Crippen LogP contribution in [0, 0.1) is 11.3 Å². The number of rotatable bonds is 15. The van der Waals surface area contributed by atoms with Crippen molar-refractivity contribution in [2.24, 2.45) is 0 Å². The van der Waals surface area contributed by atoms with E-state index in [1.54, 1.807) is 12.4 Å². The van der Waals surface area contributed by atoms with Crippen LogP contribution in [-0.2, 0) is 0 Å². The van der Waals surface area contributed by atoms with Gasteiger partial charge in [0.15, 0.2) is 69.9 Å². The number of nitriles is 1. The van der Waals surface area contributed by atoms with Crippen LogP contribution in [-0.4, -0.2) is 73.9 Å². The minimum Gasteiger partial charge on any atom is -0.309 e. The Kier molecular flexibility index (Phi) is 16.5. The lowest BCUT2D eigenvalue weighted by Crippen LogP contribution is -2.05. The molecule has 0 aliphatic rings. The van der Waals surface area contributed by atoms with Gasteiger partial charge in [0.2, 0.25) is 0 Å². The van der Waals surface area contributed by atoms with Crippen LogP contribution in [0.3, 0.4) is 0 Å². The van der Waals surface area contributed by atoms with Crippen molar-refractivity contribution in [1.82, 2.24) is 73.9 Å². The molecule has 13 aromatic carbocycles. The van der Waals surface area contributed by atoms with Crippen molar-refractivity contribution < 1.29 is 0 Å². The van der Waals surface area contributed by atoms with Crippen LogP contribution >= 0.6 is 0 Å². The first kappa shape index (κ1) is 65.6. The highest BCUT2D eigenvalue weighted by Gasteiger charge is 2.27. The van der Waals surface area contributed by atoms with Crippen molar-refractivity contribution in [1.29, 1.82) is 5.26 Å². The van der Waals surface area contributed by atoms with Crippen molar-refractivity contribution >= 4 is 43.6 Å². The quantitative estimate of drug-likeness (QED) is 0.0938. The number of hydrogen-bond acceptors (Lipinski definition) is 14. The van der Waals surface area contributed by atoms with Gasteiger partial charge in [0, 0.05) is 106 Å². The highest BCUT2D eigenvalue weighted by molar-refractivity contribution is 6.13. The fourth-order valence-electron chi connectivity index (χ4n) is 14.7. The first-order valence-corrected chi connectivity index (χ1v) is 36.6. The van der Waals surface area contributed by atoms with Crippen molar-refractivity contribution in [2.75, 3.05) is 0 Å². The molecule has 0 N–H and O–H groups in total. The van der Waals surface area contributed by atoms with Gasteiger partial charge in [-0.2, -0.15) is 5.26 Å². The number of aromatic nitrogens is 15. The molecule has 0 bridgehead atoms. The standard InChI is InChI=1S/C96H58N16/c97-59-73-57-84(112-82-55-71(95-107-89(65-33-17-5-18-34-65)101-90(108-95)66-35-19-6-20-36-66)43-47-76(82)77-48-44-72(56-83(77)112)96-109-91(67-37-21-7-22-38-67)102-92(110-96)68-39-23-8-24-40-68)78(60-49-51-98-52-50-60)58-79(73)111-80-53-69(93-103-85(61-25-9-1-10-26-61)99-86(104-93)62-27-11-2-12-28-62)41-45-74(80)75-46-42-70(54-81(75)111)94-105-87(63-29-13-3-14-30-63)100-88(106-94)64-31-15-4-16-32-64/h1-58H. The van der Waals surface area contributed by atoms with E-state index < -0.39 is 0 Å². The zero-order valence-corrected chi connectivity index (χ0v) is 59.6. The SMILES string of the molecule is N#Cc1cc(-n2c3cc(-c4nc(-c5ccccc5)nc(-c5ccccc5)n4)ccc3c3ccc(-c4nc(-c5ccccc5)nc(-c5ccccc5)n4)cc32)c(-c2ccncc2)cc1-n1c2cc(-c3nc(-c4ccccc4)nc(-c4ccccc4)n3)ccc2c2ccc(-c3nc(-c4ccccc4)nc(-c4ccccc4)n3)cc21. The van der Waals surface area contributed by atoms with E-state index in [4.69, 9.17) is 59.8 Å². The monoisotopic (exact) mass is 1430 g/mol. The summed E-state index contributed by atoms with van der Waals surface area (Å²) in [6.07, 6.45) is 3.60. The molecule has 0 saturated heterocycles. The Balaban J connectivity index is 0.863. The van der Waals surface area contributed by atoms with Crippen LogP contribution < -0.4 is 0 Å². The predicted octanol–water partition coefficient (Wildman–Crippen LogP) is 21.6. The topological polar surface area (TPSA) is 201 Å². The largest absolute Gasteiger partial charge is 0.309 e. The van der Waals surface area contributed by atoms with Gasteiger partial charge in [-0.1, -0.05) is 291 Å². The summed E-state index contributed by atoms with van der Waals surface area (Å²) >= 11 is 0. The molecule has 112 heavy (non-hydrogen) atoms. The summed E-state index contributed by atoms with van der Waals surface area (Å²) < 4.78 is 4.44. The van der Waals surface area contributed by atoms with Crippen LogP contribution in [0.2, 0.25) is 0 Å². The Morgan fingerprint density at radius 3 is 0.634 bits per heavy atom. The van der Waals surface area contributed by atoms with Gasteiger partial charge in [0.05, 0.1) is 39.0 Å². The maximum atomic E-state index is 12.4. The molecule has 16 nitrogen and oxygen atoms in total. The van der Waals surface area contributed by atoms with E-state index in [0.29, 0.717) is 86.8 Å². The molecule has 16 heteroatoms. The number of fused-ring (bicyclic) bond motifs is 6. The average Bonchev–Trinajstić information content (AvgIpc) is 1.55. The number of benzene rings is 13. The summed E-state index contributed by atoms with van der Waals surface area (Å²) in [5.74, 6) is 6.08. The van der Waals surface area contributed by atoms with E-state index in [9.17, 15) is 5.26 Å². The first-order valence-electron chi connectivity index (χ1n) is 36.6. The molecule has 0 fully saturated rings. The van der Waals surface area contributed by atoms with Gasteiger partial charge in [-0.05, 0) is 54.1 Å². The first-order chi connectivity index (χ1) is 55.4. The Hall–Kier alpha value is -15.9. The fourth-order valence-corrected chi connectivity index (χ4v) is 14.7. The Morgan fingerprint density at radius 1 is 0.196 bits per heavy atom. The van der Waals surface area contributed by atoms with Gasteiger partial charge < -0.3 is 9.13 Å². The molecule has 20 rings (SSSR count). The molecular formula is C96H58N16. The van der Waals surface area contributed by atoms with E-state index in [1.165, 1.54) is 0 Å². The van der Waals surface area contributed by atoms with Crippen LogP contribution in [0.1, 0.15) is 5.56 Å². The molecule has 0 spiro atoms. The molecule has 0 atom stereocenters. The molecule has 7 aromatic heterocycles. The summed E-state index contributed by atoms with van der Waals surface area (Å²) in [4.78, 5) is 66.9. The van der Waals surface area contributed by atoms with Crippen molar-refractivity contribution in [2.45, 2.75) is 0 Å². The third-order valence-corrected chi connectivity index (χ3v) is 20.1. The van der Waals surface area contributed by atoms with E-state index in [0.717, 1.165) is 122 Å².